The second-order valence-corrected chi connectivity index (χ2v) is 3.31. The second-order valence-electron chi connectivity index (χ2n) is 3.31. The molecule has 3 nitrogen and oxygen atoms in total. The van der Waals surface area contributed by atoms with Crippen molar-refractivity contribution in [2.45, 2.75) is 12.3 Å². The Morgan fingerprint density at radius 1 is 1.36 bits per heavy atom. The first-order valence-electron chi connectivity index (χ1n) is 4.44. The normalized spacial score (nSPS) is 17.9. The standard InChI is InChI=1S/C11H10O3/c1-14-11(13)10(12)9-6-7-4-2-3-5-8(7)9/h2-5,9H,6H2,1H3. The molecular weight excluding hydrogens is 180 g/mol. The molecule has 0 saturated carbocycles. The smallest absolute Gasteiger partial charge is 0.374 e. The fourth-order valence-corrected chi connectivity index (χ4v) is 1.74. The minimum Gasteiger partial charge on any atom is -0.463 e. The Morgan fingerprint density at radius 3 is 2.71 bits per heavy atom. The number of benzene rings is 1. The van der Waals surface area contributed by atoms with Crippen molar-refractivity contribution in [2.75, 3.05) is 7.11 Å². The molecule has 1 atom stereocenters. The van der Waals surface area contributed by atoms with E-state index in [2.05, 4.69) is 4.74 Å². The first kappa shape index (κ1) is 8.94. The summed E-state index contributed by atoms with van der Waals surface area (Å²) in [5.41, 5.74) is 2.11. The van der Waals surface area contributed by atoms with Crippen LogP contribution in [0.1, 0.15) is 17.0 Å². The molecule has 0 aliphatic heterocycles. The molecule has 0 radical (unpaired) electrons. The number of fused-ring (bicyclic) bond motifs is 1. The van der Waals surface area contributed by atoms with Crippen molar-refractivity contribution in [1.82, 2.24) is 0 Å². The highest BCUT2D eigenvalue weighted by Crippen LogP contribution is 2.35. The molecule has 1 aromatic rings. The average Bonchev–Trinajstić information content (AvgIpc) is 2.18. The summed E-state index contributed by atoms with van der Waals surface area (Å²) in [6.07, 6.45) is 0.657. The van der Waals surface area contributed by atoms with E-state index in [9.17, 15) is 9.59 Å². The van der Waals surface area contributed by atoms with Crippen LogP contribution in [0.5, 0.6) is 0 Å². The lowest BCUT2D eigenvalue weighted by molar-refractivity contribution is -0.152. The third-order valence-corrected chi connectivity index (χ3v) is 2.56. The number of esters is 1. The zero-order valence-corrected chi connectivity index (χ0v) is 7.82. The van der Waals surface area contributed by atoms with E-state index in [1.807, 2.05) is 24.3 Å². The van der Waals surface area contributed by atoms with Gasteiger partial charge in [-0.25, -0.2) is 4.79 Å². The van der Waals surface area contributed by atoms with Crippen LogP contribution < -0.4 is 0 Å². The molecule has 72 valence electrons. The predicted molar refractivity (Wildman–Crippen MR) is 49.9 cm³/mol. The minimum absolute atomic E-state index is 0.279. The van der Waals surface area contributed by atoms with Gasteiger partial charge in [0, 0.05) is 0 Å². The molecule has 0 spiro atoms. The van der Waals surface area contributed by atoms with Crippen molar-refractivity contribution in [3.8, 4) is 0 Å². The molecule has 1 aliphatic rings. The summed E-state index contributed by atoms with van der Waals surface area (Å²) in [4.78, 5) is 22.4. The van der Waals surface area contributed by atoms with Gasteiger partial charge in [-0.3, -0.25) is 4.79 Å². The predicted octanol–water partition coefficient (Wildman–Crippen LogP) is 1.07. The lowest BCUT2D eigenvalue weighted by Gasteiger charge is -2.27. The number of Topliss-reactive ketones (excluding diaryl/α,β-unsaturated/α-hetero) is 1. The van der Waals surface area contributed by atoms with Crippen molar-refractivity contribution in [3.05, 3.63) is 35.4 Å². The van der Waals surface area contributed by atoms with Gasteiger partial charge in [-0.15, -0.1) is 0 Å². The van der Waals surface area contributed by atoms with Crippen LogP contribution in [0.15, 0.2) is 24.3 Å². The van der Waals surface area contributed by atoms with Crippen molar-refractivity contribution in [1.29, 1.82) is 0 Å². The highest BCUT2D eigenvalue weighted by Gasteiger charge is 2.35. The highest BCUT2D eigenvalue weighted by atomic mass is 16.5. The van der Waals surface area contributed by atoms with Crippen LogP contribution in [-0.2, 0) is 20.7 Å². The van der Waals surface area contributed by atoms with E-state index in [1.54, 1.807) is 0 Å². The van der Waals surface area contributed by atoms with Crippen LogP contribution in [0.2, 0.25) is 0 Å². The first-order chi connectivity index (χ1) is 6.74. The summed E-state index contributed by atoms with van der Waals surface area (Å²) < 4.78 is 4.40. The fourth-order valence-electron chi connectivity index (χ4n) is 1.74. The van der Waals surface area contributed by atoms with Gasteiger partial charge in [0.25, 0.3) is 0 Å². The van der Waals surface area contributed by atoms with Gasteiger partial charge in [-0.05, 0) is 17.5 Å². The van der Waals surface area contributed by atoms with Crippen molar-refractivity contribution in [2.24, 2.45) is 0 Å². The van der Waals surface area contributed by atoms with Crippen LogP contribution in [-0.4, -0.2) is 18.9 Å². The second kappa shape index (κ2) is 3.25. The summed E-state index contributed by atoms with van der Waals surface area (Å²) >= 11 is 0. The number of carbonyl (C=O) groups excluding carboxylic acids is 2. The van der Waals surface area contributed by atoms with E-state index < -0.39 is 11.8 Å². The van der Waals surface area contributed by atoms with E-state index in [0.29, 0.717) is 6.42 Å². The molecule has 0 heterocycles. The summed E-state index contributed by atoms with van der Waals surface area (Å²) in [5, 5.41) is 0. The third-order valence-electron chi connectivity index (χ3n) is 2.56. The van der Waals surface area contributed by atoms with E-state index in [4.69, 9.17) is 0 Å². The van der Waals surface area contributed by atoms with Gasteiger partial charge < -0.3 is 4.74 Å². The van der Waals surface area contributed by atoms with Crippen LogP contribution in [0.25, 0.3) is 0 Å². The lowest BCUT2D eigenvalue weighted by atomic mass is 9.75. The van der Waals surface area contributed by atoms with E-state index in [1.165, 1.54) is 7.11 Å². The number of rotatable bonds is 2. The van der Waals surface area contributed by atoms with Gasteiger partial charge in [-0.2, -0.15) is 0 Å². The quantitative estimate of drug-likeness (QED) is 0.517. The largest absolute Gasteiger partial charge is 0.463 e. The van der Waals surface area contributed by atoms with Crippen LogP contribution in [0.4, 0.5) is 0 Å². The van der Waals surface area contributed by atoms with Gasteiger partial charge in [0.05, 0.1) is 13.0 Å². The van der Waals surface area contributed by atoms with Crippen LogP contribution in [0.3, 0.4) is 0 Å². The molecule has 3 heteroatoms. The maximum atomic E-state index is 11.4. The zero-order chi connectivity index (χ0) is 10.1. The van der Waals surface area contributed by atoms with Gasteiger partial charge in [0.1, 0.15) is 0 Å². The van der Waals surface area contributed by atoms with Gasteiger partial charge in [0.15, 0.2) is 0 Å². The molecule has 14 heavy (non-hydrogen) atoms. The molecule has 0 saturated heterocycles. The number of hydrogen-bond acceptors (Lipinski definition) is 3. The fraction of sp³-hybridized carbons (Fsp3) is 0.273. The lowest BCUT2D eigenvalue weighted by Crippen LogP contribution is -2.31. The first-order valence-corrected chi connectivity index (χ1v) is 4.44. The van der Waals surface area contributed by atoms with Crippen molar-refractivity contribution < 1.29 is 14.3 Å². The summed E-state index contributed by atoms with van der Waals surface area (Å²) in [6, 6.07) is 7.65. The molecule has 2 rings (SSSR count). The summed E-state index contributed by atoms with van der Waals surface area (Å²) in [5.74, 6) is -1.46. The van der Waals surface area contributed by atoms with Gasteiger partial charge >= 0.3 is 5.97 Å². The van der Waals surface area contributed by atoms with Crippen LogP contribution in [0, 0.1) is 0 Å². The Labute approximate surface area is 81.7 Å². The van der Waals surface area contributed by atoms with E-state index in [0.717, 1.165) is 11.1 Å². The molecular formula is C11H10O3. The number of carbonyl (C=O) groups is 2. The molecule has 1 aromatic carbocycles. The molecule has 0 N–H and O–H groups in total. The third kappa shape index (κ3) is 1.21. The SMILES string of the molecule is COC(=O)C(=O)C1Cc2ccccc21. The van der Waals surface area contributed by atoms with Gasteiger partial charge in [0.2, 0.25) is 5.78 Å². The molecule has 0 amide bonds. The van der Waals surface area contributed by atoms with Crippen molar-refractivity contribution in [3.63, 3.8) is 0 Å². The Morgan fingerprint density at radius 2 is 2.07 bits per heavy atom. The molecule has 0 aromatic heterocycles. The molecule has 0 fully saturated rings. The average molecular weight is 190 g/mol. The van der Waals surface area contributed by atoms with Gasteiger partial charge in [-0.1, -0.05) is 24.3 Å². The molecule has 0 bridgehead atoms. The number of ether oxygens (including phenoxy) is 1. The van der Waals surface area contributed by atoms with Crippen LogP contribution >= 0.6 is 0 Å². The Bertz CT molecular complexity index is 395. The Hall–Kier alpha value is -1.64. The molecule has 1 unspecified atom stereocenters. The van der Waals surface area contributed by atoms with E-state index >= 15 is 0 Å². The zero-order valence-electron chi connectivity index (χ0n) is 7.82. The van der Waals surface area contributed by atoms with Crippen molar-refractivity contribution >= 4 is 11.8 Å². The topological polar surface area (TPSA) is 43.4 Å². The maximum Gasteiger partial charge on any atom is 0.374 e. The Kier molecular flexibility index (Phi) is 2.08. The summed E-state index contributed by atoms with van der Waals surface area (Å²) in [6.45, 7) is 0. The monoisotopic (exact) mass is 190 g/mol. The number of ketones is 1. The highest BCUT2D eigenvalue weighted by molar-refractivity contribution is 6.36. The Balaban J connectivity index is 2.20. The van der Waals surface area contributed by atoms with E-state index in [-0.39, 0.29) is 5.92 Å². The number of hydrogen-bond donors (Lipinski definition) is 0. The minimum atomic E-state index is -0.746. The molecule has 1 aliphatic carbocycles. The summed E-state index contributed by atoms with van der Waals surface area (Å²) in [7, 11) is 1.23. The maximum absolute atomic E-state index is 11.4. The number of methoxy groups -OCH3 is 1.